The van der Waals surface area contributed by atoms with Gasteiger partial charge in [-0.1, -0.05) is 161 Å². The highest BCUT2D eigenvalue weighted by Gasteiger charge is 2.37. The summed E-state index contributed by atoms with van der Waals surface area (Å²) in [5.74, 6) is 0. The largest absolute Gasteiger partial charge is 0.0619 e. The lowest BCUT2D eigenvalue weighted by Crippen LogP contribution is -2.15. The van der Waals surface area contributed by atoms with Gasteiger partial charge in [-0.05, 0) is 135 Å². The van der Waals surface area contributed by atoms with Crippen molar-refractivity contribution in [3.63, 3.8) is 0 Å². The monoisotopic (exact) mass is 662 g/mol. The van der Waals surface area contributed by atoms with Gasteiger partial charge in [0, 0.05) is 10.8 Å². The van der Waals surface area contributed by atoms with E-state index in [1.165, 1.54) is 111 Å². The summed E-state index contributed by atoms with van der Waals surface area (Å²) in [4.78, 5) is 0. The summed E-state index contributed by atoms with van der Waals surface area (Å²) in [7, 11) is 0. The molecule has 0 aromatic heterocycles. The smallest absolute Gasteiger partial charge is 0.0159 e. The molecule has 0 saturated heterocycles. The van der Waals surface area contributed by atoms with Crippen LogP contribution in [0, 0.1) is 0 Å². The van der Waals surface area contributed by atoms with Crippen molar-refractivity contribution in [1.82, 2.24) is 0 Å². The molecule has 246 valence electrons. The topological polar surface area (TPSA) is 0 Å². The molecule has 0 nitrogen and oxygen atoms in total. The third kappa shape index (κ3) is 3.98. The molecule has 52 heavy (non-hydrogen) atoms. The third-order valence-corrected chi connectivity index (χ3v) is 12.6. The molecule has 0 spiro atoms. The molecule has 11 rings (SSSR count). The van der Waals surface area contributed by atoms with Crippen LogP contribution in [-0.2, 0) is 10.8 Å². The molecule has 0 aliphatic heterocycles. The highest BCUT2D eigenvalue weighted by molar-refractivity contribution is 6.15. The lowest BCUT2D eigenvalue weighted by molar-refractivity contribution is 0.659. The normalized spacial score (nSPS) is 14.8. The first-order chi connectivity index (χ1) is 25.3. The van der Waals surface area contributed by atoms with Gasteiger partial charge >= 0.3 is 0 Å². The van der Waals surface area contributed by atoms with E-state index in [0.717, 1.165) is 0 Å². The molecule has 0 bridgehead atoms. The number of fused-ring (bicyclic) bond motifs is 9. The summed E-state index contributed by atoms with van der Waals surface area (Å²) >= 11 is 0. The molecule has 3 aliphatic rings. The maximum atomic E-state index is 2.45. The molecule has 0 fully saturated rings. The van der Waals surface area contributed by atoms with Crippen LogP contribution < -0.4 is 0 Å². The van der Waals surface area contributed by atoms with Gasteiger partial charge in [0.05, 0.1) is 0 Å². The first-order valence-corrected chi connectivity index (χ1v) is 18.6. The summed E-state index contributed by atoms with van der Waals surface area (Å²) in [6.07, 6.45) is 0. The van der Waals surface area contributed by atoms with E-state index >= 15 is 0 Å². The Balaban J connectivity index is 0.907. The molecule has 3 aliphatic carbocycles. The van der Waals surface area contributed by atoms with Crippen molar-refractivity contribution in [2.75, 3.05) is 0 Å². The van der Waals surface area contributed by atoms with Crippen LogP contribution in [0.15, 0.2) is 158 Å². The predicted molar refractivity (Wildman–Crippen MR) is 220 cm³/mol. The highest BCUT2D eigenvalue weighted by Crippen LogP contribution is 2.53. The molecule has 0 atom stereocenters. The van der Waals surface area contributed by atoms with E-state index in [1.54, 1.807) is 0 Å². The molecule has 8 aromatic rings. The Hall–Kier alpha value is -5.98. The summed E-state index contributed by atoms with van der Waals surface area (Å²) in [6.45, 7) is 9.51. The van der Waals surface area contributed by atoms with Gasteiger partial charge in [-0.3, -0.25) is 0 Å². The van der Waals surface area contributed by atoms with Gasteiger partial charge in [0.2, 0.25) is 0 Å². The van der Waals surface area contributed by atoms with E-state index in [4.69, 9.17) is 0 Å². The van der Waals surface area contributed by atoms with Crippen LogP contribution in [0.4, 0.5) is 0 Å². The summed E-state index contributed by atoms with van der Waals surface area (Å²) in [5, 5.41) is 2.69. The van der Waals surface area contributed by atoms with Gasteiger partial charge in [0.15, 0.2) is 0 Å². The first-order valence-electron chi connectivity index (χ1n) is 18.6. The van der Waals surface area contributed by atoms with Crippen molar-refractivity contribution >= 4 is 10.8 Å². The second kappa shape index (κ2) is 10.3. The minimum atomic E-state index is -0.103. The quantitative estimate of drug-likeness (QED) is 0.177. The van der Waals surface area contributed by atoms with Crippen molar-refractivity contribution in [1.29, 1.82) is 0 Å². The molecule has 8 aromatic carbocycles. The van der Waals surface area contributed by atoms with E-state index < -0.39 is 0 Å². The Morgan fingerprint density at radius 2 is 0.654 bits per heavy atom. The lowest BCUT2D eigenvalue weighted by atomic mass is 9.80. The van der Waals surface area contributed by atoms with Crippen molar-refractivity contribution < 1.29 is 0 Å². The Kier molecular flexibility index (Phi) is 5.89. The van der Waals surface area contributed by atoms with E-state index in [0.29, 0.717) is 0 Å². The van der Waals surface area contributed by atoms with Gasteiger partial charge in [-0.15, -0.1) is 0 Å². The van der Waals surface area contributed by atoms with Gasteiger partial charge in [-0.2, -0.15) is 0 Å². The fourth-order valence-electron chi connectivity index (χ4n) is 9.81. The Morgan fingerprint density at radius 1 is 0.269 bits per heavy atom. The summed E-state index contributed by atoms with van der Waals surface area (Å²) in [5.41, 5.74) is 24.0. The minimum absolute atomic E-state index is 0.00832. The van der Waals surface area contributed by atoms with Crippen molar-refractivity contribution in [2.45, 2.75) is 38.5 Å². The average molecular weight is 663 g/mol. The fraction of sp³-hybridized carbons (Fsp3) is 0.115. The summed E-state index contributed by atoms with van der Waals surface area (Å²) in [6, 6.07) is 59.7. The molecular formula is C52H38. The highest BCUT2D eigenvalue weighted by atomic mass is 14.4. The molecule has 0 heterocycles. The second-order valence-electron chi connectivity index (χ2n) is 16.1. The van der Waals surface area contributed by atoms with Gasteiger partial charge in [-0.25, -0.2) is 0 Å². The number of hydrogen-bond donors (Lipinski definition) is 0. The van der Waals surface area contributed by atoms with Crippen molar-refractivity contribution in [3.05, 3.63) is 180 Å². The maximum absolute atomic E-state index is 2.45. The minimum Gasteiger partial charge on any atom is -0.0619 e. The average Bonchev–Trinajstić information content (AvgIpc) is 3.72. The van der Waals surface area contributed by atoms with Crippen LogP contribution in [0.25, 0.3) is 88.7 Å². The first kappa shape index (κ1) is 29.7. The molecule has 0 unspecified atom stereocenters. The lowest BCUT2D eigenvalue weighted by Gasteiger charge is -2.23. The molecule has 0 amide bonds. The number of hydrogen-bond acceptors (Lipinski definition) is 0. The van der Waals surface area contributed by atoms with Crippen LogP contribution in [-0.4, -0.2) is 0 Å². The number of rotatable bonds is 3. The Morgan fingerprint density at radius 3 is 1.21 bits per heavy atom. The zero-order chi connectivity index (χ0) is 34.9. The van der Waals surface area contributed by atoms with Gasteiger partial charge < -0.3 is 0 Å². The van der Waals surface area contributed by atoms with Crippen molar-refractivity contribution in [2.24, 2.45) is 0 Å². The molecule has 0 saturated carbocycles. The van der Waals surface area contributed by atoms with Crippen LogP contribution >= 0.6 is 0 Å². The van der Waals surface area contributed by atoms with E-state index in [-0.39, 0.29) is 10.8 Å². The van der Waals surface area contributed by atoms with E-state index in [2.05, 4.69) is 185 Å². The van der Waals surface area contributed by atoms with Crippen LogP contribution in [0.3, 0.4) is 0 Å². The summed E-state index contributed by atoms with van der Waals surface area (Å²) < 4.78 is 0. The fourth-order valence-corrected chi connectivity index (χ4v) is 9.81. The maximum Gasteiger partial charge on any atom is 0.0159 e. The molecular weight excluding hydrogens is 625 g/mol. The molecule has 0 radical (unpaired) electrons. The zero-order valence-electron chi connectivity index (χ0n) is 30.0. The van der Waals surface area contributed by atoms with E-state index in [9.17, 15) is 0 Å². The van der Waals surface area contributed by atoms with Crippen molar-refractivity contribution in [3.8, 4) is 77.9 Å². The third-order valence-electron chi connectivity index (χ3n) is 12.6. The SMILES string of the molecule is CC1(C)c2ccccc2-c2ccc(-c3ccc4c(c3)C(C)(C)c3cc(-c5ccc(-c6ccc7c(c6)-c6cccc8cccc-7c68)cc5)ccc3-4)cc21. The standard InChI is InChI=1S/C52H38/c1-51(2)46-14-6-5-11-39(46)40-25-21-36(29-47(40)51)37-22-26-42-41-24-20-35(28-48(41)52(3,4)49(42)30-37)32-17-15-31(16-18-32)34-19-23-38-43-12-7-9-33-10-8-13-44(50(33)43)45(38)27-34/h5-30H,1-4H3. The Bertz CT molecular complexity index is 2820. The molecule has 0 heteroatoms. The predicted octanol–water partition coefficient (Wildman–Crippen LogP) is 14.1. The van der Waals surface area contributed by atoms with Crippen LogP contribution in [0.1, 0.15) is 49.9 Å². The molecule has 0 N–H and O–H groups in total. The van der Waals surface area contributed by atoms with Crippen LogP contribution in [0.5, 0.6) is 0 Å². The van der Waals surface area contributed by atoms with Gasteiger partial charge in [0.1, 0.15) is 0 Å². The van der Waals surface area contributed by atoms with Gasteiger partial charge in [0.25, 0.3) is 0 Å². The van der Waals surface area contributed by atoms with E-state index in [1.807, 2.05) is 0 Å². The number of benzene rings is 8. The zero-order valence-corrected chi connectivity index (χ0v) is 30.0. The second-order valence-corrected chi connectivity index (χ2v) is 16.1. The van der Waals surface area contributed by atoms with Crippen LogP contribution in [0.2, 0.25) is 0 Å². The Labute approximate surface area is 306 Å².